The molecule has 0 amide bonds. The zero-order chi connectivity index (χ0) is 11.0. The summed E-state index contributed by atoms with van der Waals surface area (Å²) in [5.74, 6) is 0. The summed E-state index contributed by atoms with van der Waals surface area (Å²) in [4.78, 5) is 0. The first-order valence-corrected chi connectivity index (χ1v) is 6.32. The lowest BCUT2D eigenvalue weighted by molar-refractivity contribution is 0.358. The van der Waals surface area contributed by atoms with Gasteiger partial charge in [0.05, 0.1) is 6.61 Å². The minimum atomic E-state index is 0.459. The van der Waals surface area contributed by atoms with E-state index < -0.39 is 0 Å². The van der Waals surface area contributed by atoms with E-state index in [0.717, 1.165) is 6.61 Å². The third-order valence-corrected chi connectivity index (χ3v) is 3.84. The second-order valence-corrected chi connectivity index (χ2v) is 5.13. The summed E-state index contributed by atoms with van der Waals surface area (Å²) < 4.78 is 5.72. The van der Waals surface area contributed by atoms with Gasteiger partial charge in [-0.15, -0.1) is 0 Å². The summed E-state index contributed by atoms with van der Waals surface area (Å²) >= 11 is 0. The third kappa shape index (κ3) is 1.67. The SMILES string of the molecule is Cc1ccc2c(c1)-c1ccccc1POC2. The summed E-state index contributed by atoms with van der Waals surface area (Å²) in [5.41, 5.74) is 5.26. The lowest BCUT2D eigenvalue weighted by atomic mass is 9.98. The summed E-state index contributed by atoms with van der Waals surface area (Å²) in [5, 5.41) is 1.31. The van der Waals surface area contributed by atoms with E-state index in [4.69, 9.17) is 4.52 Å². The quantitative estimate of drug-likeness (QED) is 0.628. The van der Waals surface area contributed by atoms with E-state index >= 15 is 0 Å². The predicted octanol–water partition coefficient (Wildman–Crippen LogP) is 3.41. The highest BCUT2D eigenvalue weighted by molar-refractivity contribution is 7.42. The molecule has 16 heavy (non-hydrogen) atoms. The molecule has 0 aromatic heterocycles. The lowest BCUT2D eigenvalue weighted by Gasteiger charge is -2.08. The van der Waals surface area contributed by atoms with Crippen molar-refractivity contribution >= 4 is 14.1 Å². The van der Waals surface area contributed by atoms with E-state index in [1.807, 2.05) is 0 Å². The molecule has 80 valence electrons. The molecule has 0 bridgehead atoms. The van der Waals surface area contributed by atoms with Gasteiger partial charge in [0.15, 0.2) is 0 Å². The second-order valence-electron chi connectivity index (χ2n) is 4.10. The van der Waals surface area contributed by atoms with Gasteiger partial charge in [0.2, 0.25) is 0 Å². The molecule has 0 spiro atoms. The molecule has 1 nitrogen and oxygen atoms in total. The van der Waals surface area contributed by atoms with E-state index in [9.17, 15) is 0 Å². The minimum Gasteiger partial charge on any atom is -0.353 e. The van der Waals surface area contributed by atoms with Crippen LogP contribution in [0.25, 0.3) is 11.1 Å². The smallest absolute Gasteiger partial charge is 0.0766 e. The highest BCUT2D eigenvalue weighted by Gasteiger charge is 2.13. The Morgan fingerprint density at radius 2 is 1.94 bits per heavy atom. The van der Waals surface area contributed by atoms with Crippen LogP contribution in [-0.2, 0) is 11.1 Å². The van der Waals surface area contributed by atoms with Crippen LogP contribution in [0.1, 0.15) is 11.1 Å². The van der Waals surface area contributed by atoms with Crippen molar-refractivity contribution in [1.82, 2.24) is 0 Å². The van der Waals surface area contributed by atoms with Crippen molar-refractivity contribution in [2.24, 2.45) is 0 Å². The highest BCUT2D eigenvalue weighted by Crippen LogP contribution is 2.33. The van der Waals surface area contributed by atoms with E-state index in [1.54, 1.807) is 0 Å². The summed E-state index contributed by atoms with van der Waals surface area (Å²) in [7, 11) is 0.459. The number of fused-ring (bicyclic) bond motifs is 3. The summed E-state index contributed by atoms with van der Waals surface area (Å²) in [6.45, 7) is 2.86. The molecular formula is C14H13OP. The Bertz CT molecular complexity index is 534. The van der Waals surface area contributed by atoms with Crippen LogP contribution < -0.4 is 5.30 Å². The van der Waals surface area contributed by atoms with Crippen LogP contribution in [0.15, 0.2) is 42.5 Å². The van der Waals surface area contributed by atoms with Gasteiger partial charge in [0, 0.05) is 14.1 Å². The van der Waals surface area contributed by atoms with Crippen molar-refractivity contribution in [3.05, 3.63) is 53.6 Å². The monoisotopic (exact) mass is 228 g/mol. The molecule has 1 atom stereocenters. The number of benzene rings is 2. The average Bonchev–Trinajstić information content (AvgIpc) is 2.48. The fourth-order valence-electron chi connectivity index (χ4n) is 2.07. The fraction of sp³-hybridized carbons (Fsp3) is 0.143. The van der Waals surface area contributed by atoms with Crippen LogP contribution in [0.5, 0.6) is 0 Å². The van der Waals surface area contributed by atoms with E-state index in [2.05, 4.69) is 49.4 Å². The molecule has 0 aliphatic carbocycles. The zero-order valence-electron chi connectivity index (χ0n) is 9.16. The number of hydrogen-bond donors (Lipinski definition) is 0. The molecule has 0 N–H and O–H groups in total. The van der Waals surface area contributed by atoms with Crippen LogP contribution in [0.2, 0.25) is 0 Å². The molecule has 0 radical (unpaired) electrons. The van der Waals surface area contributed by atoms with Gasteiger partial charge < -0.3 is 4.52 Å². The Labute approximate surface area is 97.3 Å². The van der Waals surface area contributed by atoms with Crippen molar-refractivity contribution in [2.45, 2.75) is 13.5 Å². The standard InChI is InChI=1S/C14H13OP/c1-10-6-7-11-9-15-16-14-5-3-2-4-12(14)13(11)8-10/h2-8,16H,9H2,1H3. The van der Waals surface area contributed by atoms with Gasteiger partial charge in [-0.05, 0) is 23.6 Å². The third-order valence-electron chi connectivity index (χ3n) is 2.89. The average molecular weight is 228 g/mol. The fourth-order valence-corrected chi connectivity index (χ4v) is 2.94. The Morgan fingerprint density at radius 1 is 1.06 bits per heavy atom. The Balaban J connectivity index is 2.28. The van der Waals surface area contributed by atoms with E-state index in [1.165, 1.54) is 27.6 Å². The molecule has 2 aromatic rings. The maximum absolute atomic E-state index is 5.72. The zero-order valence-corrected chi connectivity index (χ0v) is 10.2. The molecule has 0 saturated heterocycles. The van der Waals surface area contributed by atoms with E-state index in [0.29, 0.717) is 8.81 Å². The maximum Gasteiger partial charge on any atom is 0.0766 e. The van der Waals surface area contributed by atoms with Gasteiger partial charge >= 0.3 is 0 Å². The van der Waals surface area contributed by atoms with E-state index in [-0.39, 0.29) is 0 Å². The van der Waals surface area contributed by atoms with Gasteiger partial charge in [-0.1, -0.05) is 48.0 Å². The number of hydrogen-bond acceptors (Lipinski definition) is 1. The van der Waals surface area contributed by atoms with Gasteiger partial charge in [-0.25, -0.2) is 0 Å². The topological polar surface area (TPSA) is 9.23 Å². The number of aryl methyl sites for hydroxylation is 1. The minimum absolute atomic E-state index is 0.459. The molecule has 0 saturated carbocycles. The first-order chi connectivity index (χ1) is 7.84. The molecule has 1 aliphatic rings. The van der Waals surface area contributed by atoms with Crippen molar-refractivity contribution in [1.29, 1.82) is 0 Å². The predicted molar refractivity (Wildman–Crippen MR) is 69.4 cm³/mol. The van der Waals surface area contributed by atoms with Crippen LogP contribution in [0.3, 0.4) is 0 Å². The second kappa shape index (κ2) is 4.01. The first-order valence-electron chi connectivity index (χ1n) is 5.41. The van der Waals surface area contributed by atoms with Crippen molar-refractivity contribution in [3.8, 4) is 11.1 Å². The van der Waals surface area contributed by atoms with Gasteiger partial charge in [0.1, 0.15) is 0 Å². The first kappa shape index (κ1) is 10.0. The van der Waals surface area contributed by atoms with Crippen LogP contribution in [0.4, 0.5) is 0 Å². The van der Waals surface area contributed by atoms with Crippen molar-refractivity contribution in [3.63, 3.8) is 0 Å². The molecular weight excluding hydrogens is 215 g/mol. The maximum atomic E-state index is 5.72. The molecule has 1 aliphatic heterocycles. The Morgan fingerprint density at radius 3 is 2.88 bits per heavy atom. The molecule has 3 rings (SSSR count). The molecule has 2 aromatic carbocycles. The summed E-state index contributed by atoms with van der Waals surface area (Å²) in [6, 6.07) is 15.1. The number of rotatable bonds is 0. The van der Waals surface area contributed by atoms with Crippen LogP contribution in [0, 0.1) is 6.92 Å². The molecule has 0 fully saturated rings. The molecule has 2 heteroatoms. The lowest BCUT2D eigenvalue weighted by Crippen LogP contribution is -1.98. The molecule has 1 heterocycles. The summed E-state index contributed by atoms with van der Waals surface area (Å²) in [6.07, 6.45) is 0. The van der Waals surface area contributed by atoms with Gasteiger partial charge in [-0.2, -0.15) is 0 Å². The van der Waals surface area contributed by atoms with Gasteiger partial charge in [-0.3, -0.25) is 0 Å². The highest BCUT2D eigenvalue weighted by atomic mass is 31.1. The molecule has 1 unspecified atom stereocenters. The van der Waals surface area contributed by atoms with Crippen LogP contribution >= 0.6 is 8.81 Å². The van der Waals surface area contributed by atoms with Gasteiger partial charge in [0.25, 0.3) is 0 Å². The van der Waals surface area contributed by atoms with Crippen molar-refractivity contribution in [2.75, 3.05) is 0 Å². The Hall–Kier alpha value is -1.17. The Kier molecular flexibility index (Phi) is 2.51. The normalized spacial score (nSPS) is 15.3. The largest absolute Gasteiger partial charge is 0.353 e. The van der Waals surface area contributed by atoms with Crippen molar-refractivity contribution < 1.29 is 4.52 Å². The van der Waals surface area contributed by atoms with Crippen LogP contribution in [-0.4, -0.2) is 0 Å².